The predicted molar refractivity (Wildman–Crippen MR) is 123 cm³/mol. The Morgan fingerprint density at radius 3 is 2.19 bits per heavy atom. The van der Waals surface area contributed by atoms with E-state index in [1.54, 1.807) is 51.1 Å². The molecule has 0 bridgehead atoms. The summed E-state index contributed by atoms with van der Waals surface area (Å²) in [5.74, 6) is -1.54. The number of rotatable bonds is 9. The average molecular weight is 464 g/mol. The van der Waals surface area contributed by atoms with Crippen LogP contribution in [0.2, 0.25) is 0 Å². The van der Waals surface area contributed by atoms with Gasteiger partial charge in [-0.25, -0.2) is 12.8 Å². The van der Waals surface area contributed by atoms with E-state index in [9.17, 15) is 22.4 Å². The summed E-state index contributed by atoms with van der Waals surface area (Å²) < 4.78 is 40.4. The van der Waals surface area contributed by atoms with E-state index in [0.29, 0.717) is 11.3 Å². The zero-order valence-corrected chi connectivity index (χ0v) is 19.8. The van der Waals surface area contributed by atoms with Gasteiger partial charge in [0.1, 0.15) is 18.4 Å². The molecule has 0 spiro atoms. The van der Waals surface area contributed by atoms with Gasteiger partial charge in [0.25, 0.3) is 0 Å². The number of para-hydroxylation sites is 1. The first-order chi connectivity index (χ1) is 14.9. The van der Waals surface area contributed by atoms with Crippen molar-refractivity contribution >= 4 is 27.5 Å². The molecule has 1 N–H and O–H groups in total. The molecule has 1 atom stereocenters. The number of nitrogens with zero attached hydrogens (tertiary/aromatic N) is 2. The van der Waals surface area contributed by atoms with Crippen LogP contribution < -0.4 is 9.62 Å². The lowest BCUT2D eigenvalue weighted by atomic mass is 10.1. The molecule has 174 valence electrons. The van der Waals surface area contributed by atoms with Gasteiger partial charge in [0.05, 0.1) is 11.9 Å². The van der Waals surface area contributed by atoms with Gasteiger partial charge in [-0.1, -0.05) is 36.4 Å². The van der Waals surface area contributed by atoms with Crippen molar-refractivity contribution in [2.75, 3.05) is 17.1 Å². The van der Waals surface area contributed by atoms with Crippen molar-refractivity contribution in [3.63, 3.8) is 0 Å². The molecule has 0 aliphatic carbocycles. The van der Waals surface area contributed by atoms with E-state index in [2.05, 4.69) is 5.32 Å². The maximum atomic E-state index is 14.3. The van der Waals surface area contributed by atoms with Gasteiger partial charge in [0, 0.05) is 18.2 Å². The van der Waals surface area contributed by atoms with E-state index in [0.717, 1.165) is 10.6 Å². The van der Waals surface area contributed by atoms with Crippen molar-refractivity contribution in [2.45, 2.75) is 46.3 Å². The number of sulfonamides is 1. The fourth-order valence-corrected chi connectivity index (χ4v) is 4.14. The van der Waals surface area contributed by atoms with Gasteiger partial charge in [-0.3, -0.25) is 13.9 Å². The monoisotopic (exact) mass is 463 g/mol. The highest BCUT2D eigenvalue weighted by Gasteiger charge is 2.31. The van der Waals surface area contributed by atoms with E-state index in [-0.39, 0.29) is 18.2 Å². The van der Waals surface area contributed by atoms with Crippen LogP contribution in [0.5, 0.6) is 0 Å². The number of halogens is 1. The summed E-state index contributed by atoms with van der Waals surface area (Å²) in [6, 6.07) is 11.7. The summed E-state index contributed by atoms with van der Waals surface area (Å²) in [7, 11) is -3.80. The van der Waals surface area contributed by atoms with E-state index in [1.807, 2.05) is 0 Å². The third-order valence-corrected chi connectivity index (χ3v) is 6.09. The van der Waals surface area contributed by atoms with Gasteiger partial charge in [0.15, 0.2) is 0 Å². The Bertz CT molecular complexity index is 1070. The minimum absolute atomic E-state index is 0.158. The van der Waals surface area contributed by atoms with Crippen LogP contribution in [0, 0.1) is 12.7 Å². The molecule has 32 heavy (non-hydrogen) atoms. The fourth-order valence-electron chi connectivity index (χ4n) is 3.24. The molecule has 2 aromatic rings. The Kier molecular flexibility index (Phi) is 8.38. The predicted octanol–water partition coefficient (Wildman–Crippen LogP) is 2.84. The Morgan fingerprint density at radius 2 is 1.62 bits per heavy atom. The maximum Gasteiger partial charge on any atom is 0.244 e. The third kappa shape index (κ3) is 6.53. The highest BCUT2D eigenvalue weighted by atomic mass is 32.2. The van der Waals surface area contributed by atoms with Crippen LogP contribution in [-0.4, -0.2) is 50.0 Å². The van der Waals surface area contributed by atoms with Crippen molar-refractivity contribution in [3.8, 4) is 0 Å². The number of hydrogen-bond donors (Lipinski definition) is 1. The Balaban J connectivity index is 2.42. The molecule has 0 aromatic heterocycles. The van der Waals surface area contributed by atoms with Crippen LogP contribution in [0.15, 0.2) is 48.5 Å². The smallest absolute Gasteiger partial charge is 0.244 e. The minimum atomic E-state index is -3.80. The first-order valence-corrected chi connectivity index (χ1v) is 12.1. The molecule has 2 amide bonds. The van der Waals surface area contributed by atoms with Crippen molar-refractivity contribution in [3.05, 3.63) is 65.5 Å². The van der Waals surface area contributed by atoms with Gasteiger partial charge in [-0.2, -0.15) is 0 Å². The molecule has 0 aliphatic heterocycles. The zero-order chi connectivity index (χ0) is 24.1. The normalized spacial score (nSPS) is 12.3. The highest BCUT2D eigenvalue weighted by Crippen LogP contribution is 2.23. The number of carbonyl (C=O) groups is 2. The lowest BCUT2D eigenvalue weighted by molar-refractivity contribution is -0.139. The van der Waals surface area contributed by atoms with Crippen molar-refractivity contribution < 1.29 is 22.4 Å². The molecule has 0 aliphatic rings. The van der Waals surface area contributed by atoms with E-state index in [4.69, 9.17) is 0 Å². The van der Waals surface area contributed by atoms with E-state index < -0.39 is 40.2 Å². The van der Waals surface area contributed by atoms with Crippen LogP contribution in [0.3, 0.4) is 0 Å². The third-order valence-electron chi connectivity index (χ3n) is 4.96. The second-order valence-electron chi connectivity index (χ2n) is 8.01. The Hall–Kier alpha value is -2.94. The maximum absolute atomic E-state index is 14.3. The number of amides is 2. The Morgan fingerprint density at radius 1 is 1.03 bits per heavy atom. The second-order valence-corrected chi connectivity index (χ2v) is 9.92. The molecule has 7 nitrogen and oxygen atoms in total. The van der Waals surface area contributed by atoms with Gasteiger partial charge in [-0.15, -0.1) is 0 Å². The minimum Gasteiger partial charge on any atom is -0.352 e. The van der Waals surface area contributed by atoms with Gasteiger partial charge >= 0.3 is 0 Å². The first kappa shape index (κ1) is 25.3. The van der Waals surface area contributed by atoms with Crippen molar-refractivity contribution in [2.24, 2.45) is 0 Å². The number of hydrogen-bond acceptors (Lipinski definition) is 4. The number of anilines is 1. The summed E-state index contributed by atoms with van der Waals surface area (Å²) >= 11 is 0. The Labute approximate surface area is 189 Å². The largest absolute Gasteiger partial charge is 0.352 e. The van der Waals surface area contributed by atoms with Crippen LogP contribution in [-0.2, 0) is 26.2 Å². The van der Waals surface area contributed by atoms with E-state index in [1.165, 1.54) is 30.0 Å². The zero-order valence-electron chi connectivity index (χ0n) is 19.0. The second kappa shape index (κ2) is 10.6. The van der Waals surface area contributed by atoms with Crippen molar-refractivity contribution in [1.29, 1.82) is 0 Å². The van der Waals surface area contributed by atoms with Crippen molar-refractivity contribution in [1.82, 2.24) is 10.2 Å². The molecule has 9 heteroatoms. The molecule has 0 fully saturated rings. The molecule has 2 aromatic carbocycles. The molecule has 2 rings (SSSR count). The number of nitrogens with one attached hydrogen (secondary N) is 1. The molecule has 0 unspecified atom stereocenters. The highest BCUT2D eigenvalue weighted by molar-refractivity contribution is 7.92. The summed E-state index contributed by atoms with van der Waals surface area (Å²) in [6.45, 7) is 6.16. The van der Waals surface area contributed by atoms with Crippen LogP contribution >= 0.6 is 0 Å². The summed E-state index contributed by atoms with van der Waals surface area (Å²) in [5, 5.41) is 2.74. The number of benzene rings is 2. The first-order valence-electron chi connectivity index (χ1n) is 10.3. The summed E-state index contributed by atoms with van der Waals surface area (Å²) in [5.41, 5.74) is 1.28. The van der Waals surface area contributed by atoms with E-state index >= 15 is 0 Å². The lowest BCUT2D eigenvalue weighted by Gasteiger charge is -2.32. The summed E-state index contributed by atoms with van der Waals surface area (Å²) in [4.78, 5) is 27.2. The number of aryl methyl sites for hydroxylation is 1. The number of carbonyl (C=O) groups excluding carboxylic acids is 2. The quantitative estimate of drug-likeness (QED) is 0.620. The fraction of sp³-hybridized carbons (Fsp3) is 0.391. The SMILES string of the molecule is Cc1ccccc1N(CC(=O)N(Cc1ccccc1F)[C@H](C)C(=O)NC(C)C)S(C)(=O)=O. The van der Waals surface area contributed by atoms with Crippen LogP contribution in [0.25, 0.3) is 0 Å². The van der Waals surface area contributed by atoms with Gasteiger partial charge in [-0.05, 0) is 45.4 Å². The van der Waals surface area contributed by atoms with Gasteiger partial charge < -0.3 is 10.2 Å². The molecule has 0 saturated heterocycles. The topological polar surface area (TPSA) is 86.8 Å². The van der Waals surface area contributed by atoms with Gasteiger partial charge in [0.2, 0.25) is 21.8 Å². The molecule has 0 heterocycles. The molecular weight excluding hydrogens is 433 g/mol. The van der Waals surface area contributed by atoms with Crippen LogP contribution in [0.1, 0.15) is 31.9 Å². The molecule has 0 saturated carbocycles. The molecule has 0 radical (unpaired) electrons. The summed E-state index contributed by atoms with van der Waals surface area (Å²) in [6.07, 6.45) is 1.02. The van der Waals surface area contributed by atoms with Crippen LogP contribution in [0.4, 0.5) is 10.1 Å². The molecular formula is C23H30FN3O4S. The lowest BCUT2D eigenvalue weighted by Crippen LogP contribution is -2.52. The average Bonchev–Trinajstić information content (AvgIpc) is 2.70. The standard InChI is InChI=1S/C23H30FN3O4S/c1-16(2)25-23(29)18(4)26(14-19-11-7-8-12-20(19)24)22(28)15-27(32(5,30)31)21-13-9-6-10-17(21)3/h6-13,16,18H,14-15H2,1-5H3,(H,25,29)/t18-/m1/s1.